The standard InChI is InChI=1S/C20H41NO3/c1-3-4-5-6-7-10-13-18-24-20(23)19(2)14-11-8-9-12-15-21-16-17-22/h19,21-22H,3-18H2,1-2H3. The number of carbonyl (C=O) groups excluding carboxylic acids is 1. The Labute approximate surface area is 149 Å². The molecule has 4 heteroatoms. The first-order valence-electron chi connectivity index (χ1n) is 10.2. The second kappa shape index (κ2) is 18.7. The highest BCUT2D eigenvalue weighted by molar-refractivity contribution is 5.71. The van der Waals surface area contributed by atoms with Gasteiger partial charge < -0.3 is 15.2 Å². The maximum Gasteiger partial charge on any atom is 0.308 e. The number of esters is 1. The molecule has 0 aromatic carbocycles. The van der Waals surface area contributed by atoms with Crippen molar-refractivity contribution in [2.45, 2.75) is 90.9 Å². The Bertz CT molecular complexity index is 272. The third-order valence-electron chi connectivity index (χ3n) is 4.42. The summed E-state index contributed by atoms with van der Waals surface area (Å²) >= 11 is 0. The predicted molar refractivity (Wildman–Crippen MR) is 101 cm³/mol. The molecule has 1 unspecified atom stereocenters. The Morgan fingerprint density at radius 1 is 0.917 bits per heavy atom. The zero-order valence-corrected chi connectivity index (χ0v) is 16.2. The maximum absolute atomic E-state index is 11.9. The highest BCUT2D eigenvalue weighted by Gasteiger charge is 2.13. The van der Waals surface area contributed by atoms with E-state index in [-0.39, 0.29) is 18.5 Å². The van der Waals surface area contributed by atoms with Crippen molar-refractivity contribution in [2.24, 2.45) is 5.92 Å². The number of carbonyl (C=O) groups is 1. The second-order valence-electron chi connectivity index (χ2n) is 6.87. The van der Waals surface area contributed by atoms with Gasteiger partial charge in [0.05, 0.1) is 19.1 Å². The topological polar surface area (TPSA) is 58.6 Å². The molecule has 0 amide bonds. The third-order valence-corrected chi connectivity index (χ3v) is 4.42. The Kier molecular flexibility index (Phi) is 18.2. The number of rotatable bonds is 18. The normalized spacial score (nSPS) is 12.3. The molecule has 144 valence electrons. The monoisotopic (exact) mass is 343 g/mol. The smallest absolute Gasteiger partial charge is 0.308 e. The number of aliphatic hydroxyl groups excluding tert-OH is 1. The zero-order valence-electron chi connectivity index (χ0n) is 16.2. The van der Waals surface area contributed by atoms with Crippen LogP contribution in [0.25, 0.3) is 0 Å². The van der Waals surface area contributed by atoms with Gasteiger partial charge in [-0.05, 0) is 25.8 Å². The molecule has 0 aliphatic rings. The van der Waals surface area contributed by atoms with Crippen molar-refractivity contribution in [1.29, 1.82) is 0 Å². The van der Waals surface area contributed by atoms with Crippen LogP contribution in [-0.2, 0) is 9.53 Å². The molecule has 0 saturated heterocycles. The van der Waals surface area contributed by atoms with Gasteiger partial charge in [-0.15, -0.1) is 0 Å². The van der Waals surface area contributed by atoms with Gasteiger partial charge in [-0.1, -0.05) is 71.6 Å². The van der Waals surface area contributed by atoms with Crippen LogP contribution < -0.4 is 5.32 Å². The van der Waals surface area contributed by atoms with Crippen molar-refractivity contribution in [2.75, 3.05) is 26.3 Å². The van der Waals surface area contributed by atoms with Gasteiger partial charge in [0, 0.05) is 6.54 Å². The van der Waals surface area contributed by atoms with Gasteiger partial charge in [0.15, 0.2) is 0 Å². The molecule has 2 N–H and O–H groups in total. The van der Waals surface area contributed by atoms with Gasteiger partial charge in [0.25, 0.3) is 0 Å². The first-order chi connectivity index (χ1) is 11.7. The Balaban J connectivity index is 3.34. The summed E-state index contributed by atoms with van der Waals surface area (Å²) in [5.74, 6) is 0.00710. The van der Waals surface area contributed by atoms with Crippen LogP contribution in [0.5, 0.6) is 0 Å². The lowest BCUT2D eigenvalue weighted by Crippen LogP contribution is -2.19. The van der Waals surface area contributed by atoms with Crippen LogP contribution in [0.3, 0.4) is 0 Å². The first kappa shape index (κ1) is 23.4. The van der Waals surface area contributed by atoms with E-state index >= 15 is 0 Å². The molecule has 24 heavy (non-hydrogen) atoms. The lowest BCUT2D eigenvalue weighted by molar-refractivity contribution is -0.148. The van der Waals surface area contributed by atoms with Crippen molar-refractivity contribution in [3.63, 3.8) is 0 Å². The highest BCUT2D eigenvalue weighted by atomic mass is 16.5. The summed E-state index contributed by atoms with van der Waals surface area (Å²) in [5, 5.41) is 11.8. The van der Waals surface area contributed by atoms with Crippen LogP contribution in [0.4, 0.5) is 0 Å². The van der Waals surface area contributed by atoms with Crippen molar-refractivity contribution in [3.05, 3.63) is 0 Å². The lowest BCUT2D eigenvalue weighted by atomic mass is 10.0. The van der Waals surface area contributed by atoms with E-state index in [0.29, 0.717) is 13.2 Å². The first-order valence-corrected chi connectivity index (χ1v) is 10.2. The van der Waals surface area contributed by atoms with E-state index in [4.69, 9.17) is 9.84 Å². The van der Waals surface area contributed by atoms with E-state index in [1.54, 1.807) is 0 Å². The van der Waals surface area contributed by atoms with Gasteiger partial charge in [-0.25, -0.2) is 0 Å². The minimum absolute atomic E-state index is 0.0226. The molecule has 0 saturated carbocycles. The molecule has 0 radical (unpaired) electrons. The molecule has 0 rings (SSSR count). The Morgan fingerprint density at radius 3 is 2.25 bits per heavy atom. The number of hydrogen-bond acceptors (Lipinski definition) is 4. The molecule has 0 aliphatic heterocycles. The van der Waals surface area contributed by atoms with Crippen molar-refractivity contribution in [1.82, 2.24) is 5.32 Å². The molecule has 1 atom stereocenters. The number of ether oxygens (including phenoxy) is 1. The molecule has 0 bridgehead atoms. The van der Waals surface area contributed by atoms with Gasteiger partial charge in [-0.3, -0.25) is 4.79 Å². The molecule has 0 spiro atoms. The summed E-state index contributed by atoms with van der Waals surface area (Å²) in [7, 11) is 0. The van der Waals surface area contributed by atoms with E-state index in [1.165, 1.54) is 44.9 Å². The predicted octanol–water partition coefficient (Wildman–Crippen LogP) is 4.45. The molecule has 0 aromatic heterocycles. The fourth-order valence-corrected chi connectivity index (χ4v) is 2.75. The molecular weight excluding hydrogens is 302 g/mol. The summed E-state index contributed by atoms with van der Waals surface area (Å²) in [4.78, 5) is 11.9. The van der Waals surface area contributed by atoms with E-state index in [2.05, 4.69) is 12.2 Å². The quantitative estimate of drug-likeness (QED) is 0.285. The van der Waals surface area contributed by atoms with Crippen LogP contribution in [0.2, 0.25) is 0 Å². The fourth-order valence-electron chi connectivity index (χ4n) is 2.75. The van der Waals surface area contributed by atoms with E-state index in [9.17, 15) is 4.79 Å². The third kappa shape index (κ3) is 16.3. The van der Waals surface area contributed by atoms with Gasteiger partial charge in [-0.2, -0.15) is 0 Å². The molecule has 0 aromatic rings. The molecular formula is C20H41NO3. The average molecular weight is 344 g/mol. The minimum Gasteiger partial charge on any atom is -0.465 e. The van der Waals surface area contributed by atoms with Crippen molar-refractivity contribution in [3.8, 4) is 0 Å². The summed E-state index contributed by atoms with van der Waals surface area (Å²) in [6, 6.07) is 0. The van der Waals surface area contributed by atoms with Crippen molar-refractivity contribution < 1.29 is 14.6 Å². The minimum atomic E-state index is -0.0226. The van der Waals surface area contributed by atoms with Crippen LogP contribution in [-0.4, -0.2) is 37.4 Å². The summed E-state index contributed by atoms with van der Waals surface area (Å²) in [5.41, 5.74) is 0. The van der Waals surface area contributed by atoms with Crippen LogP contribution >= 0.6 is 0 Å². The molecule has 0 aliphatic carbocycles. The summed E-state index contributed by atoms with van der Waals surface area (Å²) < 4.78 is 5.38. The van der Waals surface area contributed by atoms with Crippen LogP contribution in [0.15, 0.2) is 0 Å². The van der Waals surface area contributed by atoms with Crippen molar-refractivity contribution >= 4 is 5.97 Å². The number of aliphatic hydroxyl groups is 1. The average Bonchev–Trinajstić information content (AvgIpc) is 2.59. The fraction of sp³-hybridized carbons (Fsp3) is 0.950. The lowest BCUT2D eigenvalue weighted by Gasteiger charge is -2.11. The summed E-state index contributed by atoms with van der Waals surface area (Å²) in [6.07, 6.45) is 14.2. The van der Waals surface area contributed by atoms with E-state index in [1.807, 2.05) is 6.92 Å². The van der Waals surface area contributed by atoms with Gasteiger partial charge in [0.1, 0.15) is 0 Å². The highest BCUT2D eigenvalue weighted by Crippen LogP contribution is 2.13. The molecule has 4 nitrogen and oxygen atoms in total. The number of hydrogen-bond donors (Lipinski definition) is 2. The molecule has 0 fully saturated rings. The van der Waals surface area contributed by atoms with Gasteiger partial charge in [0.2, 0.25) is 0 Å². The van der Waals surface area contributed by atoms with E-state index in [0.717, 1.165) is 38.6 Å². The van der Waals surface area contributed by atoms with E-state index < -0.39 is 0 Å². The van der Waals surface area contributed by atoms with Crippen LogP contribution in [0.1, 0.15) is 90.9 Å². The Hall–Kier alpha value is -0.610. The largest absolute Gasteiger partial charge is 0.465 e. The number of unbranched alkanes of at least 4 members (excludes halogenated alkanes) is 9. The van der Waals surface area contributed by atoms with Crippen LogP contribution in [0, 0.1) is 5.92 Å². The summed E-state index contributed by atoms with van der Waals surface area (Å²) in [6.45, 7) is 6.66. The second-order valence-corrected chi connectivity index (χ2v) is 6.87. The Morgan fingerprint density at radius 2 is 1.54 bits per heavy atom. The van der Waals surface area contributed by atoms with Gasteiger partial charge >= 0.3 is 5.97 Å². The maximum atomic E-state index is 11.9. The zero-order chi connectivity index (χ0) is 17.9. The molecule has 0 heterocycles. The number of nitrogens with one attached hydrogen (secondary N) is 1. The SMILES string of the molecule is CCCCCCCCCOC(=O)C(C)CCCCCCNCCO.